The largest absolute Gasteiger partial charge is 0.351 e. The van der Waals surface area contributed by atoms with Crippen molar-refractivity contribution in [3.8, 4) is 0 Å². The van der Waals surface area contributed by atoms with Gasteiger partial charge in [-0.25, -0.2) is 4.39 Å². The first kappa shape index (κ1) is 26.5. The average molecular weight is 537 g/mol. The van der Waals surface area contributed by atoms with Crippen LogP contribution in [0.5, 0.6) is 0 Å². The van der Waals surface area contributed by atoms with E-state index in [4.69, 9.17) is 11.6 Å². The fourth-order valence-corrected chi connectivity index (χ4v) is 5.99. The molecule has 0 radical (unpaired) electrons. The van der Waals surface area contributed by atoms with Crippen LogP contribution in [0.1, 0.15) is 50.6 Å². The van der Waals surface area contributed by atoms with Gasteiger partial charge in [0.25, 0.3) is 10.2 Å². The standard InChI is InChI=1S/C25H30ClFN4O4S/c1-17(29-36(34,35)30-14-15-30)25(33)31(20-11-7-8-18(27)16-20)23(21-12-5-6-13-22(21)26)24(32)28-19-9-3-2-4-10-19/h5-8,11-13,16-17,19,23,29H,2-4,9-10,14-15H2,1H3,(H,28,32)/t17-,23+/m1/s1. The minimum atomic E-state index is -3.86. The number of halogens is 2. The van der Waals surface area contributed by atoms with Crippen molar-refractivity contribution >= 4 is 39.3 Å². The number of hydrogen-bond donors (Lipinski definition) is 2. The number of amides is 2. The van der Waals surface area contributed by atoms with Crippen molar-refractivity contribution in [3.63, 3.8) is 0 Å². The molecule has 0 bridgehead atoms. The molecule has 8 nitrogen and oxygen atoms in total. The zero-order chi connectivity index (χ0) is 25.9. The van der Waals surface area contributed by atoms with Crippen LogP contribution in [0.25, 0.3) is 0 Å². The molecule has 2 fully saturated rings. The third kappa shape index (κ3) is 6.23. The predicted octanol–water partition coefficient (Wildman–Crippen LogP) is 3.54. The van der Waals surface area contributed by atoms with E-state index in [-0.39, 0.29) is 16.8 Å². The van der Waals surface area contributed by atoms with Crippen LogP contribution in [0.15, 0.2) is 48.5 Å². The number of nitrogens with zero attached hydrogens (tertiary/aromatic N) is 2. The van der Waals surface area contributed by atoms with Crippen molar-refractivity contribution in [3.05, 3.63) is 64.9 Å². The quantitative estimate of drug-likeness (QED) is 0.479. The summed E-state index contributed by atoms with van der Waals surface area (Å²) >= 11 is 6.50. The number of hydrogen-bond acceptors (Lipinski definition) is 4. The fraction of sp³-hybridized carbons (Fsp3) is 0.440. The van der Waals surface area contributed by atoms with E-state index in [0.29, 0.717) is 18.7 Å². The molecule has 0 unspecified atom stereocenters. The van der Waals surface area contributed by atoms with E-state index in [1.54, 1.807) is 24.3 Å². The van der Waals surface area contributed by atoms with Gasteiger partial charge in [-0.15, -0.1) is 0 Å². The van der Waals surface area contributed by atoms with E-state index in [1.165, 1.54) is 29.4 Å². The summed E-state index contributed by atoms with van der Waals surface area (Å²) in [6.07, 6.45) is 4.72. The van der Waals surface area contributed by atoms with Crippen LogP contribution in [-0.2, 0) is 19.8 Å². The number of carbonyl (C=O) groups is 2. The van der Waals surface area contributed by atoms with E-state index < -0.39 is 39.9 Å². The fourth-order valence-electron chi connectivity index (χ4n) is 4.49. The summed E-state index contributed by atoms with van der Waals surface area (Å²) in [6, 6.07) is 9.42. The minimum absolute atomic E-state index is 0.0562. The minimum Gasteiger partial charge on any atom is -0.351 e. The molecule has 2 atom stereocenters. The van der Waals surface area contributed by atoms with Gasteiger partial charge < -0.3 is 5.32 Å². The maximum absolute atomic E-state index is 14.3. The molecule has 11 heteroatoms. The summed E-state index contributed by atoms with van der Waals surface area (Å²) in [5.74, 6) is -1.78. The van der Waals surface area contributed by atoms with Gasteiger partial charge in [0.15, 0.2) is 0 Å². The van der Waals surface area contributed by atoms with Crippen LogP contribution in [0.4, 0.5) is 10.1 Å². The first-order valence-corrected chi connectivity index (χ1v) is 13.9. The van der Waals surface area contributed by atoms with Crippen molar-refractivity contribution in [2.75, 3.05) is 18.0 Å². The number of benzene rings is 2. The molecule has 1 aliphatic heterocycles. The lowest BCUT2D eigenvalue weighted by atomic mass is 9.94. The van der Waals surface area contributed by atoms with Crippen LogP contribution < -0.4 is 14.9 Å². The molecule has 36 heavy (non-hydrogen) atoms. The Morgan fingerprint density at radius 3 is 2.42 bits per heavy atom. The zero-order valence-electron chi connectivity index (χ0n) is 20.0. The highest BCUT2D eigenvalue weighted by molar-refractivity contribution is 7.87. The second-order valence-corrected chi connectivity index (χ2v) is 11.3. The Labute approximate surface area is 216 Å². The van der Waals surface area contributed by atoms with Crippen molar-refractivity contribution in [2.45, 2.75) is 57.2 Å². The van der Waals surface area contributed by atoms with Crippen molar-refractivity contribution < 1.29 is 22.4 Å². The Balaban J connectivity index is 1.75. The Bertz CT molecular complexity index is 1220. The van der Waals surface area contributed by atoms with Crippen molar-refractivity contribution in [2.24, 2.45) is 0 Å². The number of carbonyl (C=O) groups excluding carboxylic acids is 2. The summed E-state index contributed by atoms with van der Waals surface area (Å²) in [7, 11) is -3.86. The lowest BCUT2D eigenvalue weighted by molar-refractivity contribution is -0.127. The lowest BCUT2D eigenvalue weighted by Gasteiger charge is -2.35. The Hall–Kier alpha value is -2.53. The molecule has 0 spiro atoms. The average Bonchev–Trinajstić information content (AvgIpc) is 3.69. The molecule has 4 rings (SSSR count). The summed E-state index contributed by atoms with van der Waals surface area (Å²) in [6.45, 7) is 2.14. The number of anilines is 1. The molecule has 1 heterocycles. The molecule has 2 amide bonds. The van der Waals surface area contributed by atoms with Gasteiger partial charge in [0.05, 0.1) is 6.04 Å². The van der Waals surface area contributed by atoms with Crippen LogP contribution in [-0.4, -0.2) is 49.7 Å². The van der Waals surface area contributed by atoms with Crippen molar-refractivity contribution in [1.29, 1.82) is 0 Å². The first-order valence-electron chi connectivity index (χ1n) is 12.1. The van der Waals surface area contributed by atoms with Gasteiger partial charge in [-0.05, 0) is 44.0 Å². The Morgan fingerprint density at radius 2 is 1.78 bits per heavy atom. The second kappa shape index (κ2) is 11.2. The highest BCUT2D eigenvalue weighted by Gasteiger charge is 2.40. The molecule has 2 aromatic rings. The highest BCUT2D eigenvalue weighted by Crippen LogP contribution is 2.33. The molecular weight excluding hydrogens is 507 g/mol. The molecule has 2 N–H and O–H groups in total. The molecule has 1 saturated heterocycles. The third-order valence-electron chi connectivity index (χ3n) is 6.42. The van der Waals surface area contributed by atoms with Crippen LogP contribution in [0.3, 0.4) is 0 Å². The zero-order valence-corrected chi connectivity index (χ0v) is 21.6. The van der Waals surface area contributed by atoms with Gasteiger partial charge in [0.1, 0.15) is 11.9 Å². The highest BCUT2D eigenvalue weighted by atomic mass is 35.5. The summed E-state index contributed by atoms with van der Waals surface area (Å²) in [5.41, 5.74) is 0.465. The van der Waals surface area contributed by atoms with E-state index in [0.717, 1.165) is 43.1 Å². The van der Waals surface area contributed by atoms with E-state index in [2.05, 4.69) is 10.0 Å². The topological polar surface area (TPSA) is 98.6 Å². The first-order chi connectivity index (χ1) is 17.2. The van der Waals surface area contributed by atoms with Crippen LogP contribution >= 0.6 is 11.6 Å². The monoisotopic (exact) mass is 536 g/mol. The molecule has 1 aliphatic carbocycles. The molecule has 1 saturated carbocycles. The van der Waals surface area contributed by atoms with E-state index >= 15 is 0 Å². The van der Waals surface area contributed by atoms with Gasteiger partial charge in [-0.1, -0.05) is 55.1 Å². The molecule has 2 aliphatic rings. The number of nitrogens with one attached hydrogen (secondary N) is 2. The number of rotatable bonds is 9. The van der Waals surface area contributed by atoms with Gasteiger partial charge in [0.2, 0.25) is 11.8 Å². The van der Waals surface area contributed by atoms with E-state index in [9.17, 15) is 22.4 Å². The summed E-state index contributed by atoms with van der Waals surface area (Å²) in [5, 5.41) is 3.30. The van der Waals surface area contributed by atoms with Gasteiger partial charge in [-0.3, -0.25) is 14.5 Å². The van der Waals surface area contributed by atoms with Gasteiger partial charge in [0, 0.05) is 35.4 Å². The van der Waals surface area contributed by atoms with E-state index in [1.807, 2.05) is 0 Å². The lowest BCUT2D eigenvalue weighted by Crippen LogP contribution is -2.53. The summed E-state index contributed by atoms with van der Waals surface area (Å²) in [4.78, 5) is 28.8. The summed E-state index contributed by atoms with van der Waals surface area (Å²) < 4.78 is 42.9. The van der Waals surface area contributed by atoms with Crippen LogP contribution in [0, 0.1) is 5.82 Å². The maximum atomic E-state index is 14.3. The molecule has 194 valence electrons. The SMILES string of the molecule is C[C@@H](NS(=O)(=O)N1CC1)C(=O)N(c1cccc(F)c1)[C@H](C(=O)NC1CCCCC1)c1ccccc1Cl. The third-order valence-corrected chi connectivity index (χ3v) is 8.46. The van der Waals surface area contributed by atoms with Crippen LogP contribution in [0.2, 0.25) is 5.02 Å². The normalized spacial score (nSPS) is 18.3. The predicted molar refractivity (Wildman–Crippen MR) is 136 cm³/mol. The maximum Gasteiger partial charge on any atom is 0.280 e. The Morgan fingerprint density at radius 1 is 1.08 bits per heavy atom. The molecule has 0 aromatic heterocycles. The molecule has 2 aromatic carbocycles. The van der Waals surface area contributed by atoms with Gasteiger partial charge >= 0.3 is 0 Å². The Kier molecular flexibility index (Phi) is 8.29. The second-order valence-electron chi connectivity index (χ2n) is 9.20. The smallest absolute Gasteiger partial charge is 0.280 e. The van der Waals surface area contributed by atoms with Crippen molar-refractivity contribution in [1.82, 2.24) is 14.3 Å². The molecular formula is C25H30ClFN4O4S. The van der Waals surface area contributed by atoms with Gasteiger partial charge in [-0.2, -0.15) is 17.4 Å².